The lowest BCUT2D eigenvalue weighted by Crippen LogP contribution is -2.41. The smallest absolute Gasteiger partial charge is 0.0332 e. The van der Waals surface area contributed by atoms with Crippen LogP contribution in [0.15, 0.2) is 28.7 Å². The van der Waals surface area contributed by atoms with Gasteiger partial charge in [0.25, 0.3) is 0 Å². The Morgan fingerprint density at radius 3 is 2.67 bits per heavy atom. The first kappa shape index (κ1) is 17.3. The average Bonchev–Trinajstić information content (AvgIpc) is 2.42. The minimum absolute atomic E-state index is 0.452. The van der Waals surface area contributed by atoms with Crippen molar-refractivity contribution in [2.24, 2.45) is 0 Å². The summed E-state index contributed by atoms with van der Waals surface area (Å²) in [6.07, 6.45) is 1.18. The second-order valence-corrected chi connectivity index (χ2v) is 8.77. The molecule has 2 nitrogen and oxygen atoms in total. The Morgan fingerprint density at radius 2 is 2.05 bits per heavy atom. The molecule has 1 heterocycles. The van der Waals surface area contributed by atoms with Gasteiger partial charge in [-0.2, -0.15) is 11.8 Å². The van der Waals surface area contributed by atoms with Crippen molar-refractivity contribution >= 4 is 27.7 Å². The first-order chi connectivity index (χ1) is 10.1. The number of hydrogen-bond donors (Lipinski definition) is 1. The summed E-state index contributed by atoms with van der Waals surface area (Å²) in [5.74, 6) is 0. The van der Waals surface area contributed by atoms with Gasteiger partial charge in [0.2, 0.25) is 0 Å². The van der Waals surface area contributed by atoms with Crippen molar-refractivity contribution in [2.75, 3.05) is 26.2 Å². The summed E-state index contributed by atoms with van der Waals surface area (Å²) in [6.45, 7) is 11.5. The van der Waals surface area contributed by atoms with E-state index in [9.17, 15) is 0 Å². The molecule has 21 heavy (non-hydrogen) atoms. The monoisotopic (exact) mass is 370 g/mol. The van der Waals surface area contributed by atoms with Crippen LogP contribution in [0, 0.1) is 0 Å². The molecule has 1 fully saturated rings. The zero-order valence-corrected chi connectivity index (χ0v) is 15.7. The number of rotatable bonds is 6. The van der Waals surface area contributed by atoms with E-state index in [1.54, 1.807) is 0 Å². The van der Waals surface area contributed by atoms with E-state index in [-0.39, 0.29) is 0 Å². The van der Waals surface area contributed by atoms with E-state index < -0.39 is 0 Å². The summed E-state index contributed by atoms with van der Waals surface area (Å²) in [7, 11) is 0. The van der Waals surface area contributed by atoms with Crippen molar-refractivity contribution in [1.82, 2.24) is 10.2 Å². The summed E-state index contributed by atoms with van der Waals surface area (Å²) in [5.41, 5.74) is 1.39. The normalized spacial score (nSPS) is 25.0. The van der Waals surface area contributed by atoms with Crippen LogP contribution in [0.4, 0.5) is 0 Å². The van der Waals surface area contributed by atoms with E-state index in [1.165, 1.54) is 36.1 Å². The number of nitrogens with zero attached hydrogens (tertiary/aromatic N) is 1. The highest BCUT2D eigenvalue weighted by Crippen LogP contribution is 2.26. The minimum Gasteiger partial charge on any atom is -0.310 e. The molecule has 3 unspecified atom stereocenters. The second kappa shape index (κ2) is 8.56. The van der Waals surface area contributed by atoms with E-state index in [0.29, 0.717) is 6.04 Å². The molecule has 1 aliphatic heterocycles. The molecule has 1 aromatic carbocycles. The predicted molar refractivity (Wildman–Crippen MR) is 98.1 cm³/mol. The lowest BCUT2D eigenvalue weighted by Gasteiger charge is -2.35. The molecule has 2 rings (SSSR count). The third kappa shape index (κ3) is 5.59. The molecule has 0 spiro atoms. The number of thioether (sulfide) groups is 1. The first-order valence-electron chi connectivity index (χ1n) is 7.95. The van der Waals surface area contributed by atoms with Gasteiger partial charge in [0.15, 0.2) is 0 Å². The molecule has 3 atom stereocenters. The fourth-order valence-electron chi connectivity index (χ4n) is 3.13. The minimum atomic E-state index is 0.452. The average molecular weight is 371 g/mol. The van der Waals surface area contributed by atoms with Crippen molar-refractivity contribution in [3.05, 3.63) is 34.3 Å². The molecule has 0 saturated carbocycles. The highest BCUT2D eigenvalue weighted by Gasteiger charge is 2.22. The van der Waals surface area contributed by atoms with Crippen LogP contribution in [0.5, 0.6) is 0 Å². The molecule has 1 aliphatic rings. The number of nitrogens with one attached hydrogen (secondary N) is 1. The zero-order valence-electron chi connectivity index (χ0n) is 13.3. The van der Waals surface area contributed by atoms with Crippen LogP contribution in [0.25, 0.3) is 0 Å². The van der Waals surface area contributed by atoms with Gasteiger partial charge in [-0.15, -0.1) is 0 Å². The Balaban J connectivity index is 1.94. The van der Waals surface area contributed by atoms with Crippen molar-refractivity contribution in [2.45, 2.75) is 43.7 Å². The van der Waals surface area contributed by atoms with Crippen LogP contribution in [0.1, 0.15) is 38.8 Å². The molecule has 1 saturated heterocycles. The van der Waals surface area contributed by atoms with Gasteiger partial charge >= 0.3 is 0 Å². The topological polar surface area (TPSA) is 15.3 Å². The van der Waals surface area contributed by atoms with E-state index in [4.69, 9.17) is 0 Å². The standard InChI is InChI=1S/C17H27BrN2S/c1-4-19-17(15-6-5-7-16(18)10-15)8-9-20-11-13(2)21-14(3)12-20/h5-7,10,13-14,17,19H,4,8-9,11-12H2,1-3H3. The van der Waals surface area contributed by atoms with Crippen LogP contribution < -0.4 is 5.32 Å². The van der Waals surface area contributed by atoms with Crippen LogP contribution in [-0.2, 0) is 0 Å². The summed E-state index contributed by atoms with van der Waals surface area (Å²) in [6, 6.07) is 9.15. The van der Waals surface area contributed by atoms with E-state index in [0.717, 1.165) is 17.0 Å². The van der Waals surface area contributed by atoms with Crippen LogP contribution in [0.2, 0.25) is 0 Å². The largest absolute Gasteiger partial charge is 0.310 e. The third-order valence-electron chi connectivity index (χ3n) is 3.93. The molecule has 1 N–H and O–H groups in total. The van der Waals surface area contributed by atoms with Gasteiger partial charge in [0.05, 0.1) is 0 Å². The molecule has 118 valence electrons. The molecular formula is C17H27BrN2S. The molecule has 0 radical (unpaired) electrons. The number of hydrogen-bond acceptors (Lipinski definition) is 3. The maximum Gasteiger partial charge on any atom is 0.0332 e. The Morgan fingerprint density at radius 1 is 1.33 bits per heavy atom. The summed E-state index contributed by atoms with van der Waals surface area (Å²) in [5, 5.41) is 5.16. The van der Waals surface area contributed by atoms with Crippen LogP contribution in [-0.4, -0.2) is 41.6 Å². The molecule has 0 aromatic heterocycles. The Bertz CT molecular complexity index is 431. The number of benzene rings is 1. The molecule has 4 heteroatoms. The lowest BCUT2D eigenvalue weighted by atomic mass is 10.0. The third-order valence-corrected chi connectivity index (χ3v) is 5.65. The van der Waals surface area contributed by atoms with Gasteiger partial charge in [0.1, 0.15) is 0 Å². The fourth-order valence-corrected chi connectivity index (χ4v) is 4.94. The first-order valence-corrected chi connectivity index (χ1v) is 9.68. The lowest BCUT2D eigenvalue weighted by molar-refractivity contribution is 0.254. The SMILES string of the molecule is CCNC(CCN1CC(C)SC(C)C1)c1cccc(Br)c1. The van der Waals surface area contributed by atoms with Gasteiger partial charge in [-0.3, -0.25) is 0 Å². The summed E-state index contributed by atoms with van der Waals surface area (Å²) >= 11 is 5.71. The molecular weight excluding hydrogens is 344 g/mol. The second-order valence-electron chi connectivity index (χ2n) is 5.97. The number of halogens is 1. The van der Waals surface area contributed by atoms with Crippen molar-refractivity contribution in [3.8, 4) is 0 Å². The maximum absolute atomic E-state index is 3.64. The Kier molecular flexibility index (Phi) is 7.06. The van der Waals surface area contributed by atoms with Crippen molar-refractivity contribution in [3.63, 3.8) is 0 Å². The summed E-state index contributed by atoms with van der Waals surface area (Å²) in [4.78, 5) is 2.63. The maximum atomic E-state index is 3.64. The van der Waals surface area contributed by atoms with E-state index in [2.05, 4.69) is 82.9 Å². The van der Waals surface area contributed by atoms with Crippen LogP contribution >= 0.6 is 27.7 Å². The zero-order chi connectivity index (χ0) is 15.2. The van der Waals surface area contributed by atoms with Crippen LogP contribution in [0.3, 0.4) is 0 Å². The predicted octanol–water partition coefficient (Wildman–Crippen LogP) is 4.32. The molecule has 0 bridgehead atoms. The fraction of sp³-hybridized carbons (Fsp3) is 0.647. The van der Waals surface area contributed by atoms with E-state index >= 15 is 0 Å². The van der Waals surface area contributed by atoms with Gasteiger partial charge in [0, 0.05) is 40.6 Å². The van der Waals surface area contributed by atoms with Crippen molar-refractivity contribution < 1.29 is 0 Å². The molecule has 1 aromatic rings. The highest BCUT2D eigenvalue weighted by atomic mass is 79.9. The Hall–Kier alpha value is -0.0300. The summed E-state index contributed by atoms with van der Waals surface area (Å²) < 4.78 is 1.17. The van der Waals surface area contributed by atoms with Crippen molar-refractivity contribution in [1.29, 1.82) is 0 Å². The highest BCUT2D eigenvalue weighted by molar-refractivity contribution is 9.10. The van der Waals surface area contributed by atoms with E-state index in [1.807, 2.05) is 0 Å². The quantitative estimate of drug-likeness (QED) is 0.802. The Labute approximate surface area is 142 Å². The van der Waals surface area contributed by atoms with Gasteiger partial charge < -0.3 is 10.2 Å². The van der Waals surface area contributed by atoms with Gasteiger partial charge in [-0.05, 0) is 30.7 Å². The molecule has 0 amide bonds. The van der Waals surface area contributed by atoms with Gasteiger partial charge in [-0.1, -0.05) is 48.8 Å². The van der Waals surface area contributed by atoms with Gasteiger partial charge in [-0.25, -0.2) is 0 Å². The molecule has 0 aliphatic carbocycles.